The van der Waals surface area contributed by atoms with Crippen LogP contribution in [0.4, 0.5) is 0 Å². The summed E-state index contributed by atoms with van der Waals surface area (Å²) in [6.45, 7) is 3.22. The van der Waals surface area contributed by atoms with E-state index in [0.29, 0.717) is 48.5 Å². The second kappa shape index (κ2) is 12.0. The number of rotatable bonds is 8. The van der Waals surface area contributed by atoms with Crippen molar-refractivity contribution in [3.8, 4) is 5.75 Å². The fraction of sp³-hybridized carbons (Fsp3) is 0.452. The summed E-state index contributed by atoms with van der Waals surface area (Å²) in [5.41, 5.74) is 2.87. The minimum Gasteiger partial charge on any atom is -0.483 e. The van der Waals surface area contributed by atoms with Crippen molar-refractivity contribution in [2.45, 2.75) is 44.1 Å². The number of fused-ring (bicyclic) bond motifs is 1. The molecule has 2 aromatic rings. The normalized spacial score (nSPS) is 21.8. The van der Waals surface area contributed by atoms with Crippen molar-refractivity contribution in [1.82, 2.24) is 14.7 Å². The number of para-hydroxylation sites is 1. The van der Waals surface area contributed by atoms with Crippen molar-refractivity contribution in [1.29, 1.82) is 0 Å². The lowest BCUT2D eigenvalue weighted by molar-refractivity contribution is -0.141. The van der Waals surface area contributed by atoms with Gasteiger partial charge in [0.2, 0.25) is 0 Å². The molecule has 206 valence electrons. The Morgan fingerprint density at radius 3 is 2.41 bits per heavy atom. The van der Waals surface area contributed by atoms with Gasteiger partial charge in [-0.1, -0.05) is 48.0 Å². The first-order valence-electron chi connectivity index (χ1n) is 13.9. The molecule has 0 aromatic heterocycles. The molecule has 1 saturated heterocycles. The van der Waals surface area contributed by atoms with E-state index in [0.717, 1.165) is 32.4 Å². The molecule has 0 radical (unpaired) electrons. The van der Waals surface area contributed by atoms with Crippen molar-refractivity contribution in [3.05, 3.63) is 76.9 Å². The Kier molecular flexibility index (Phi) is 8.31. The second-order valence-electron chi connectivity index (χ2n) is 10.7. The maximum atomic E-state index is 13.9. The summed E-state index contributed by atoms with van der Waals surface area (Å²) in [4.78, 5) is 45.3. The predicted molar refractivity (Wildman–Crippen MR) is 148 cm³/mol. The summed E-state index contributed by atoms with van der Waals surface area (Å²) in [5, 5.41) is 10.5. The molecule has 0 saturated carbocycles. The van der Waals surface area contributed by atoms with Gasteiger partial charge in [-0.15, -0.1) is 0 Å². The molecule has 8 heteroatoms. The predicted octanol–water partition coefficient (Wildman–Crippen LogP) is 4.10. The van der Waals surface area contributed by atoms with Gasteiger partial charge in [0.05, 0.1) is 6.04 Å². The lowest BCUT2D eigenvalue weighted by atomic mass is 9.79. The molecule has 1 N–H and O–H groups in total. The quantitative estimate of drug-likeness (QED) is 0.516. The first-order valence-corrected chi connectivity index (χ1v) is 13.9. The Balaban J connectivity index is 1.46. The van der Waals surface area contributed by atoms with Crippen LogP contribution in [0.5, 0.6) is 5.75 Å². The highest BCUT2D eigenvalue weighted by atomic mass is 16.5. The van der Waals surface area contributed by atoms with Crippen LogP contribution in [0.1, 0.15) is 65.5 Å². The molecular formula is C31H37N3O5. The fourth-order valence-electron chi connectivity index (χ4n) is 5.99. The van der Waals surface area contributed by atoms with Gasteiger partial charge in [0.15, 0.2) is 6.61 Å². The molecule has 1 aliphatic carbocycles. The van der Waals surface area contributed by atoms with Gasteiger partial charge in [-0.3, -0.25) is 14.4 Å². The SMILES string of the molecule is CN1CCN(C(=O)COc2ccccc2C2C(C(=O)O)c3ccccc3C(=O)N2CCC2=CCCCC2)CC1. The van der Waals surface area contributed by atoms with E-state index in [-0.39, 0.29) is 18.4 Å². The number of amides is 2. The Bertz CT molecular complexity index is 1250. The molecule has 8 nitrogen and oxygen atoms in total. The van der Waals surface area contributed by atoms with Crippen molar-refractivity contribution in [2.75, 3.05) is 46.4 Å². The van der Waals surface area contributed by atoms with Gasteiger partial charge in [0.1, 0.15) is 11.7 Å². The van der Waals surface area contributed by atoms with Crippen LogP contribution in [0.3, 0.4) is 0 Å². The van der Waals surface area contributed by atoms with Crippen molar-refractivity contribution >= 4 is 17.8 Å². The molecule has 2 aliphatic heterocycles. The van der Waals surface area contributed by atoms with E-state index in [1.165, 1.54) is 12.0 Å². The van der Waals surface area contributed by atoms with Gasteiger partial charge in [-0.05, 0) is 56.8 Å². The number of benzene rings is 2. The van der Waals surface area contributed by atoms with Gasteiger partial charge in [0.25, 0.3) is 11.8 Å². The van der Waals surface area contributed by atoms with Gasteiger partial charge < -0.3 is 24.5 Å². The average Bonchev–Trinajstić information content (AvgIpc) is 2.96. The lowest BCUT2D eigenvalue weighted by Crippen LogP contribution is -2.48. The first-order chi connectivity index (χ1) is 18.9. The van der Waals surface area contributed by atoms with E-state index in [2.05, 4.69) is 11.0 Å². The van der Waals surface area contributed by atoms with E-state index in [1.54, 1.807) is 40.1 Å². The Hall–Kier alpha value is -3.65. The zero-order valence-electron chi connectivity index (χ0n) is 22.6. The number of nitrogens with zero attached hydrogens (tertiary/aromatic N) is 3. The summed E-state index contributed by atoms with van der Waals surface area (Å²) in [7, 11) is 2.04. The molecule has 5 rings (SSSR count). The van der Waals surface area contributed by atoms with Crippen LogP contribution in [-0.2, 0) is 9.59 Å². The van der Waals surface area contributed by atoms with Crippen molar-refractivity contribution in [3.63, 3.8) is 0 Å². The van der Waals surface area contributed by atoms with Crippen LogP contribution in [0, 0.1) is 0 Å². The van der Waals surface area contributed by atoms with Crippen LogP contribution in [0.15, 0.2) is 60.2 Å². The number of carbonyl (C=O) groups excluding carboxylic acids is 2. The first kappa shape index (κ1) is 26.9. The van der Waals surface area contributed by atoms with E-state index in [4.69, 9.17) is 4.74 Å². The standard InChI is InChI=1S/C31H37N3O5/c1-32-17-19-33(20-18-32)27(35)21-39-26-14-8-7-13-25(26)29-28(31(37)38)23-11-5-6-12-24(23)30(36)34(29)16-15-22-9-3-2-4-10-22/h5-9,11-14,28-29H,2-4,10,15-21H2,1H3,(H,37,38). The summed E-state index contributed by atoms with van der Waals surface area (Å²) in [5.74, 6) is -1.79. The molecule has 2 atom stereocenters. The molecule has 2 amide bonds. The summed E-state index contributed by atoms with van der Waals surface area (Å²) in [6, 6.07) is 13.5. The van der Waals surface area contributed by atoms with Crippen LogP contribution in [-0.4, -0.2) is 84.0 Å². The number of ether oxygens (including phenoxy) is 1. The zero-order valence-corrected chi connectivity index (χ0v) is 22.6. The number of carboxylic acids is 1. The van der Waals surface area contributed by atoms with Gasteiger partial charge in [-0.25, -0.2) is 0 Å². The van der Waals surface area contributed by atoms with E-state index >= 15 is 0 Å². The minimum absolute atomic E-state index is 0.0983. The maximum Gasteiger partial charge on any atom is 0.313 e. The number of carboxylic acid groups (broad SMARTS) is 1. The lowest BCUT2D eigenvalue weighted by Gasteiger charge is -2.41. The van der Waals surface area contributed by atoms with Gasteiger partial charge in [0, 0.05) is 43.9 Å². The molecular weight excluding hydrogens is 494 g/mol. The molecule has 1 fully saturated rings. The van der Waals surface area contributed by atoms with Gasteiger partial charge >= 0.3 is 5.97 Å². The summed E-state index contributed by atoms with van der Waals surface area (Å²) < 4.78 is 6.08. The largest absolute Gasteiger partial charge is 0.483 e. The van der Waals surface area contributed by atoms with Crippen LogP contribution in [0.2, 0.25) is 0 Å². The highest BCUT2D eigenvalue weighted by Crippen LogP contribution is 2.45. The monoisotopic (exact) mass is 531 g/mol. The van der Waals surface area contributed by atoms with E-state index < -0.39 is 17.9 Å². The number of aliphatic carboxylic acids is 1. The third-order valence-electron chi connectivity index (χ3n) is 8.21. The highest BCUT2D eigenvalue weighted by Gasteiger charge is 2.45. The number of carbonyl (C=O) groups is 3. The van der Waals surface area contributed by atoms with Gasteiger partial charge in [-0.2, -0.15) is 0 Å². The molecule has 2 aromatic carbocycles. The summed E-state index contributed by atoms with van der Waals surface area (Å²) in [6.07, 6.45) is 7.35. The van der Waals surface area contributed by atoms with Crippen LogP contribution < -0.4 is 4.74 Å². The number of piperazine rings is 1. The topological polar surface area (TPSA) is 90.4 Å². The molecule has 0 spiro atoms. The second-order valence-corrected chi connectivity index (χ2v) is 10.7. The van der Waals surface area contributed by atoms with E-state index in [9.17, 15) is 19.5 Å². The summed E-state index contributed by atoms with van der Waals surface area (Å²) >= 11 is 0. The third kappa shape index (κ3) is 5.86. The number of hydrogen-bond acceptors (Lipinski definition) is 5. The highest BCUT2D eigenvalue weighted by molar-refractivity contribution is 6.00. The molecule has 0 bridgehead atoms. The van der Waals surface area contributed by atoms with Crippen molar-refractivity contribution < 1.29 is 24.2 Å². The van der Waals surface area contributed by atoms with Crippen LogP contribution >= 0.6 is 0 Å². The van der Waals surface area contributed by atoms with E-state index in [1.807, 2.05) is 25.2 Å². The Morgan fingerprint density at radius 2 is 1.69 bits per heavy atom. The average molecular weight is 532 g/mol. The molecule has 39 heavy (non-hydrogen) atoms. The Labute approximate surface area is 229 Å². The molecule has 3 aliphatic rings. The third-order valence-corrected chi connectivity index (χ3v) is 8.21. The maximum absolute atomic E-state index is 13.9. The zero-order chi connectivity index (χ0) is 27.4. The molecule has 2 heterocycles. The minimum atomic E-state index is -0.995. The van der Waals surface area contributed by atoms with Crippen LogP contribution in [0.25, 0.3) is 0 Å². The number of likely N-dealkylation sites (N-methyl/N-ethyl adjacent to an activating group) is 1. The fourth-order valence-corrected chi connectivity index (χ4v) is 5.99. The number of hydrogen-bond donors (Lipinski definition) is 1. The smallest absolute Gasteiger partial charge is 0.313 e. The number of allylic oxidation sites excluding steroid dienone is 1. The van der Waals surface area contributed by atoms with Crippen molar-refractivity contribution in [2.24, 2.45) is 0 Å². The Morgan fingerprint density at radius 1 is 0.974 bits per heavy atom. The molecule has 2 unspecified atom stereocenters.